The van der Waals surface area contributed by atoms with Crippen LogP contribution in [0.2, 0.25) is 0 Å². The van der Waals surface area contributed by atoms with E-state index in [-0.39, 0.29) is 0 Å². The lowest BCUT2D eigenvalue weighted by Crippen LogP contribution is -1.89. The van der Waals surface area contributed by atoms with Crippen LogP contribution in [0.5, 0.6) is 0 Å². The van der Waals surface area contributed by atoms with Crippen molar-refractivity contribution in [2.45, 2.75) is 6.92 Å². The van der Waals surface area contributed by atoms with E-state index in [1.807, 2.05) is 0 Å². The molecule has 0 atom stereocenters. The summed E-state index contributed by atoms with van der Waals surface area (Å²) in [5.41, 5.74) is 2.28. The number of hydrogen-bond donors (Lipinski definition) is 1. The van der Waals surface area contributed by atoms with Crippen LogP contribution in [0.25, 0.3) is 0 Å². The van der Waals surface area contributed by atoms with Gasteiger partial charge in [0.25, 0.3) is 0 Å². The summed E-state index contributed by atoms with van der Waals surface area (Å²) >= 11 is 0. The Bertz CT molecular complexity index is 57.1. The van der Waals surface area contributed by atoms with Gasteiger partial charge in [-0.15, -0.1) is 0 Å². The summed E-state index contributed by atoms with van der Waals surface area (Å²) in [6, 6.07) is 0. The molecule has 0 unspecified atom stereocenters. The summed E-state index contributed by atoms with van der Waals surface area (Å²) in [5, 5.41) is 6.71. The molecule has 0 aliphatic rings. The molecule has 0 heterocycles. The van der Waals surface area contributed by atoms with E-state index in [1.165, 1.54) is 0 Å². The largest absolute Gasteiger partial charge is 0.199 e. The standard InChI is InChI=1S/C3H7N3/c1-3-5-6-4-2/h3,6H,2H2,1H3/b5-3-. The Kier molecular flexibility index (Phi) is 3.55. The Morgan fingerprint density at radius 3 is 2.67 bits per heavy atom. The molecule has 0 aromatic heterocycles. The van der Waals surface area contributed by atoms with Crippen LogP contribution in [0.1, 0.15) is 6.92 Å². The maximum absolute atomic E-state index is 3.49. The Morgan fingerprint density at radius 2 is 2.50 bits per heavy atom. The van der Waals surface area contributed by atoms with Crippen LogP contribution in [0.3, 0.4) is 0 Å². The highest BCUT2D eigenvalue weighted by atomic mass is 15.5. The van der Waals surface area contributed by atoms with Crippen molar-refractivity contribution in [3.63, 3.8) is 0 Å². The molecular weight excluding hydrogens is 78.1 g/mol. The molecule has 6 heavy (non-hydrogen) atoms. The lowest BCUT2D eigenvalue weighted by molar-refractivity contribution is 0.821. The van der Waals surface area contributed by atoms with Crippen molar-refractivity contribution < 1.29 is 0 Å². The zero-order valence-electron chi connectivity index (χ0n) is 3.68. The maximum Gasteiger partial charge on any atom is 0.0232 e. The average molecular weight is 85.1 g/mol. The SMILES string of the molecule is C=NN/N=C\C. The number of hydrogen-bond acceptors (Lipinski definition) is 3. The fraction of sp³-hybridized carbons (Fsp3) is 0.333. The lowest BCUT2D eigenvalue weighted by atomic mass is 10.9. The Labute approximate surface area is 36.7 Å². The van der Waals surface area contributed by atoms with Crippen molar-refractivity contribution in [1.82, 2.24) is 5.53 Å². The van der Waals surface area contributed by atoms with E-state index in [4.69, 9.17) is 0 Å². The van der Waals surface area contributed by atoms with Crippen molar-refractivity contribution in [2.75, 3.05) is 0 Å². The van der Waals surface area contributed by atoms with E-state index in [9.17, 15) is 0 Å². The molecule has 34 valence electrons. The fourth-order valence-corrected chi connectivity index (χ4v) is 0.0986. The topological polar surface area (TPSA) is 36.8 Å². The van der Waals surface area contributed by atoms with E-state index >= 15 is 0 Å². The zero-order valence-corrected chi connectivity index (χ0v) is 3.68. The summed E-state index contributed by atoms with van der Waals surface area (Å²) in [5.74, 6) is 0. The molecule has 0 amide bonds. The molecule has 0 aliphatic heterocycles. The maximum atomic E-state index is 3.49. The minimum Gasteiger partial charge on any atom is -0.199 e. The molecule has 0 fully saturated rings. The molecule has 0 saturated heterocycles. The van der Waals surface area contributed by atoms with E-state index in [0.29, 0.717) is 0 Å². The van der Waals surface area contributed by atoms with Gasteiger partial charge in [-0.25, -0.2) is 0 Å². The van der Waals surface area contributed by atoms with Crippen LogP contribution in [-0.2, 0) is 0 Å². The quantitative estimate of drug-likeness (QED) is 0.377. The first-order valence-corrected chi connectivity index (χ1v) is 1.60. The molecule has 0 aromatic rings. The van der Waals surface area contributed by atoms with Crippen LogP contribution in [0.4, 0.5) is 0 Å². The highest BCUT2D eigenvalue weighted by Gasteiger charge is 1.50. The second kappa shape index (κ2) is 4.14. The van der Waals surface area contributed by atoms with Gasteiger partial charge in [0.15, 0.2) is 0 Å². The molecule has 0 aliphatic carbocycles. The van der Waals surface area contributed by atoms with Crippen molar-refractivity contribution in [3.05, 3.63) is 0 Å². The Balaban J connectivity index is 2.85. The van der Waals surface area contributed by atoms with E-state index in [2.05, 4.69) is 22.5 Å². The molecule has 0 bridgehead atoms. The summed E-state index contributed by atoms with van der Waals surface area (Å²) in [7, 11) is 0. The molecule has 0 radical (unpaired) electrons. The third-order valence-electron chi connectivity index (χ3n) is 0.258. The van der Waals surface area contributed by atoms with Gasteiger partial charge in [0.2, 0.25) is 0 Å². The predicted octanol–water partition coefficient (Wildman–Crippen LogP) is 0.197. The monoisotopic (exact) mass is 85.1 g/mol. The average Bonchev–Trinajstić information content (AvgIpc) is 1.61. The van der Waals surface area contributed by atoms with Crippen molar-refractivity contribution in [3.8, 4) is 0 Å². The fourth-order valence-electron chi connectivity index (χ4n) is 0.0986. The minimum atomic E-state index is 1.59. The van der Waals surface area contributed by atoms with Crippen LogP contribution in [0.15, 0.2) is 10.2 Å². The van der Waals surface area contributed by atoms with Crippen molar-refractivity contribution in [2.24, 2.45) is 10.2 Å². The second-order valence-electron chi connectivity index (χ2n) is 0.645. The van der Waals surface area contributed by atoms with Gasteiger partial charge in [0.1, 0.15) is 0 Å². The first-order valence-electron chi connectivity index (χ1n) is 1.60. The van der Waals surface area contributed by atoms with Crippen LogP contribution in [0, 0.1) is 0 Å². The predicted molar refractivity (Wildman–Crippen MR) is 26.9 cm³/mol. The number of nitrogens with zero attached hydrogens (tertiary/aromatic N) is 2. The molecular formula is C3H7N3. The third kappa shape index (κ3) is 3.14. The van der Waals surface area contributed by atoms with Crippen LogP contribution >= 0.6 is 0 Å². The highest BCUT2D eigenvalue weighted by molar-refractivity contribution is 5.52. The summed E-state index contributed by atoms with van der Waals surface area (Å²) in [6.07, 6.45) is 1.59. The van der Waals surface area contributed by atoms with Gasteiger partial charge >= 0.3 is 0 Å². The lowest BCUT2D eigenvalue weighted by Gasteiger charge is -1.78. The molecule has 0 saturated carbocycles. The van der Waals surface area contributed by atoms with Crippen LogP contribution in [-0.4, -0.2) is 12.9 Å². The molecule has 0 rings (SSSR count). The molecule has 3 nitrogen and oxygen atoms in total. The first kappa shape index (κ1) is 5.14. The number of hydrazone groups is 2. The number of rotatable bonds is 2. The zero-order chi connectivity index (χ0) is 4.83. The molecule has 0 aromatic carbocycles. The first-order chi connectivity index (χ1) is 2.91. The van der Waals surface area contributed by atoms with Crippen molar-refractivity contribution in [1.29, 1.82) is 0 Å². The van der Waals surface area contributed by atoms with Crippen LogP contribution < -0.4 is 5.53 Å². The molecule has 1 N–H and O–H groups in total. The molecule has 3 heteroatoms. The van der Waals surface area contributed by atoms with E-state index in [0.717, 1.165) is 0 Å². The summed E-state index contributed by atoms with van der Waals surface area (Å²) in [6.45, 7) is 4.91. The summed E-state index contributed by atoms with van der Waals surface area (Å²) < 4.78 is 0. The van der Waals surface area contributed by atoms with Crippen molar-refractivity contribution >= 4 is 12.9 Å². The smallest absolute Gasteiger partial charge is 0.0232 e. The highest BCUT2D eigenvalue weighted by Crippen LogP contribution is 1.49. The van der Waals surface area contributed by atoms with Gasteiger partial charge in [-0.05, 0) is 6.92 Å². The normalized spacial score (nSPS) is 8.83. The van der Waals surface area contributed by atoms with Gasteiger partial charge < -0.3 is 0 Å². The van der Waals surface area contributed by atoms with Gasteiger partial charge in [-0.2, -0.15) is 15.7 Å². The minimum absolute atomic E-state index is 1.59. The summed E-state index contributed by atoms with van der Waals surface area (Å²) in [4.78, 5) is 0. The Morgan fingerprint density at radius 1 is 1.83 bits per heavy atom. The van der Waals surface area contributed by atoms with Gasteiger partial charge in [-0.1, -0.05) is 0 Å². The molecule has 0 spiro atoms. The van der Waals surface area contributed by atoms with Gasteiger partial charge in [-0.3, -0.25) is 0 Å². The Hall–Kier alpha value is -0.860. The van der Waals surface area contributed by atoms with E-state index in [1.54, 1.807) is 13.1 Å². The van der Waals surface area contributed by atoms with Gasteiger partial charge in [0, 0.05) is 12.9 Å². The van der Waals surface area contributed by atoms with E-state index < -0.39 is 0 Å². The number of nitrogens with one attached hydrogen (secondary N) is 1. The van der Waals surface area contributed by atoms with Gasteiger partial charge in [0.05, 0.1) is 0 Å². The third-order valence-corrected chi connectivity index (χ3v) is 0.258. The second-order valence-corrected chi connectivity index (χ2v) is 0.645.